The molecule has 3 rings (SSSR count). The van der Waals surface area contributed by atoms with Gasteiger partial charge in [-0.2, -0.15) is 10.5 Å². The Labute approximate surface area is 163 Å². The minimum Gasteiger partial charge on any atom is -0.457 e. The summed E-state index contributed by atoms with van der Waals surface area (Å²) in [7, 11) is 0. The Balaban J connectivity index is 1.75. The molecule has 0 fully saturated rings. The molecule has 0 aliphatic rings. The minimum absolute atomic E-state index is 0.0384. The van der Waals surface area contributed by atoms with Crippen molar-refractivity contribution in [2.45, 2.75) is 13.0 Å². The van der Waals surface area contributed by atoms with Crippen LogP contribution in [0, 0.1) is 22.7 Å². The number of hydrogen-bond acceptors (Lipinski definition) is 4. The van der Waals surface area contributed by atoms with E-state index in [0.717, 1.165) is 11.1 Å². The van der Waals surface area contributed by atoms with E-state index in [-0.39, 0.29) is 11.6 Å². The molecule has 1 N–H and O–H groups in total. The summed E-state index contributed by atoms with van der Waals surface area (Å²) in [6.07, 6.45) is 1.42. The number of furan rings is 1. The highest BCUT2D eigenvalue weighted by Gasteiger charge is 2.14. The fourth-order valence-electron chi connectivity index (χ4n) is 2.68. The molecule has 1 amide bonds. The third-order valence-electron chi connectivity index (χ3n) is 4.22. The van der Waals surface area contributed by atoms with Crippen molar-refractivity contribution in [1.82, 2.24) is 5.32 Å². The van der Waals surface area contributed by atoms with Crippen LogP contribution in [0.5, 0.6) is 0 Å². The standard InChI is InChI=1S/C23H17N3O2/c1-16(18-5-3-2-4-6-18)26-23(27)20(15-25)13-21-11-12-22(28-21)19-9-7-17(14-24)8-10-19/h2-13,16H,1H3,(H,26,27)/b20-13-/t16-/m1/s1. The topological polar surface area (TPSA) is 89.8 Å². The Bertz CT molecular complexity index is 1080. The molecule has 1 atom stereocenters. The highest BCUT2D eigenvalue weighted by molar-refractivity contribution is 6.01. The molecule has 136 valence electrons. The molecule has 0 spiro atoms. The zero-order chi connectivity index (χ0) is 19.9. The molecular weight excluding hydrogens is 350 g/mol. The molecule has 0 aliphatic carbocycles. The molecule has 0 saturated carbocycles. The first kappa shape index (κ1) is 18.7. The molecule has 1 heterocycles. The van der Waals surface area contributed by atoms with Gasteiger partial charge in [-0.05, 0) is 48.9 Å². The molecular formula is C23H17N3O2. The Morgan fingerprint density at radius 3 is 2.39 bits per heavy atom. The predicted molar refractivity (Wildman–Crippen MR) is 105 cm³/mol. The zero-order valence-electron chi connectivity index (χ0n) is 15.2. The second kappa shape index (κ2) is 8.53. The molecule has 5 heteroatoms. The lowest BCUT2D eigenvalue weighted by molar-refractivity contribution is -0.117. The molecule has 3 aromatic rings. The van der Waals surface area contributed by atoms with Gasteiger partial charge in [-0.25, -0.2) is 0 Å². The third kappa shape index (κ3) is 4.35. The average molecular weight is 367 g/mol. The number of nitriles is 2. The molecule has 5 nitrogen and oxygen atoms in total. The number of rotatable bonds is 5. The normalized spacial score (nSPS) is 11.9. The van der Waals surface area contributed by atoms with Gasteiger partial charge in [-0.1, -0.05) is 30.3 Å². The van der Waals surface area contributed by atoms with Crippen LogP contribution in [0.1, 0.15) is 29.9 Å². The number of hydrogen-bond donors (Lipinski definition) is 1. The van der Waals surface area contributed by atoms with Crippen LogP contribution in [-0.2, 0) is 4.79 Å². The maximum Gasteiger partial charge on any atom is 0.262 e. The van der Waals surface area contributed by atoms with Crippen LogP contribution < -0.4 is 5.32 Å². The van der Waals surface area contributed by atoms with Crippen molar-refractivity contribution in [3.63, 3.8) is 0 Å². The highest BCUT2D eigenvalue weighted by atomic mass is 16.3. The van der Waals surface area contributed by atoms with Crippen molar-refractivity contribution in [1.29, 1.82) is 10.5 Å². The van der Waals surface area contributed by atoms with E-state index in [0.29, 0.717) is 17.1 Å². The van der Waals surface area contributed by atoms with E-state index in [1.807, 2.05) is 43.3 Å². The maximum absolute atomic E-state index is 12.4. The van der Waals surface area contributed by atoms with Crippen LogP contribution >= 0.6 is 0 Å². The van der Waals surface area contributed by atoms with Gasteiger partial charge in [-0.15, -0.1) is 0 Å². The van der Waals surface area contributed by atoms with Crippen LogP contribution in [0.2, 0.25) is 0 Å². The SMILES string of the molecule is C[C@@H](NC(=O)/C(C#N)=C\c1ccc(-c2ccc(C#N)cc2)o1)c1ccccc1. The number of carbonyl (C=O) groups is 1. The summed E-state index contributed by atoms with van der Waals surface area (Å²) in [5.41, 5.74) is 2.28. The van der Waals surface area contributed by atoms with E-state index in [1.54, 1.807) is 36.4 Å². The van der Waals surface area contributed by atoms with E-state index in [2.05, 4.69) is 11.4 Å². The van der Waals surface area contributed by atoms with Crippen molar-refractivity contribution in [3.8, 4) is 23.5 Å². The molecule has 28 heavy (non-hydrogen) atoms. The van der Waals surface area contributed by atoms with Gasteiger partial charge in [0, 0.05) is 11.6 Å². The Morgan fingerprint density at radius 1 is 1.04 bits per heavy atom. The van der Waals surface area contributed by atoms with Crippen LogP contribution in [0.25, 0.3) is 17.4 Å². The summed E-state index contributed by atoms with van der Waals surface area (Å²) < 4.78 is 5.72. The fraction of sp³-hybridized carbons (Fsp3) is 0.0870. The molecule has 1 aromatic heterocycles. The summed E-state index contributed by atoms with van der Waals surface area (Å²) in [5.74, 6) is 0.527. The fourth-order valence-corrected chi connectivity index (χ4v) is 2.68. The third-order valence-corrected chi connectivity index (χ3v) is 4.22. The predicted octanol–water partition coefficient (Wildman–Crippen LogP) is 4.60. The first-order chi connectivity index (χ1) is 13.6. The van der Waals surface area contributed by atoms with Crippen molar-refractivity contribution in [3.05, 3.63) is 89.2 Å². The van der Waals surface area contributed by atoms with Gasteiger partial charge < -0.3 is 9.73 Å². The Hall–Kier alpha value is -4.09. The van der Waals surface area contributed by atoms with Crippen molar-refractivity contribution in [2.75, 3.05) is 0 Å². The van der Waals surface area contributed by atoms with Crippen LogP contribution in [0.15, 0.2) is 76.7 Å². The molecule has 0 bridgehead atoms. The van der Waals surface area contributed by atoms with E-state index in [1.165, 1.54) is 6.08 Å². The van der Waals surface area contributed by atoms with Crippen LogP contribution in [-0.4, -0.2) is 5.91 Å². The molecule has 0 radical (unpaired) electrons. The lowest BCUT2D eigenvalue weighted by Crippen LogP contribution is -2.27. The summed E-state index contributed by atoms with van der Waals surface area (Å²) in [4.78, 5) is 12.4. The Kier molecular flexibility index (Phi) is 5.69. The smallest absolute Gasteiger partial charge is 0.262 e. The summed E-state index contributed by atoms with van der Waals surface area (Å²) >= 11 is 0. The minimum atomic E-state index is -0.463. The Morgan fingerprint density at radius 2 is 1.75 bits per heavy atom. The largest absolute Gasteiger partial charge is 0.457 e. The number of benzene rings is 2. The highest BCUT2D eigenvalue weighted by Crippen LogP contribution is 2.24. The number of nitrogens with zero attached hydrogens (tertiary/aromatic N) is 2. The number of nitrogens with one attached hydrogen (secondary N) is 1. The second-order valence-electron chi connectivity index (χ2n) is 6.17. The van der Waals surface area contributed by atoms with Gasteiger partial charge in [0.05, 0.1) is 17.7 Å². The van der Waals surface area contributed by atoms with Gasteiger partial charge >= 0.3 is 0 Å². The molecule has 0 aliphatic heterocycles. The maximum atomic E-state index is 12.4. The van der Waals surface area contributed by atoms with E-state index in [9.17, 15) is 10.1 Å². The van der Waals surface area contributed by atoms with Gasteiger partial charge in [0.2, 0.25) is 0 Å². The van der Waals surface area contributed by atoms with E-state index < -0.39 is 5.91 Å². The van der Waals surface area contributed by atoms with Crippen LogP contribution in [0.3, 0.4) is 0 Å². The number of amides is 1. The van der Waals surface area contributed by atoms with Crippen molar-refractivity contribution >= 4 is 12.0 Å². The molecule has 0 unspecified atom stereocenters. The van der Waals surface area contributed by atoms with Gasteiger partial charge in [0.15, 0.2) is 0 Å². The number of carbonyl (C=O) groups excluding carboxylic acids is 1. The average Bonchev–Trinajstić information content (AvgIpc) is 3.21. The summed E-state index contributed by atoms with van der Waals surface area (Å²) in [6.45, 7) is 1.86. The lowest BCUT2D eigenvalue weighted by Gasteiger charge is -2.13. The van der Waals surface area contributed by atoms with Crippen LogP contribution in [0.4, 0.5) is 0 Å². The summed E-state index contributed by atoms with van der Waals surface area (Å²) in [5, 5.41) is 21.1. The monoisotopic (exact) mass is 367 g/mol. The quantitative estimate of drug-likeness (QED) is 0.527. The first-order valence-corrected chi connectivity index (χ1v) is 8.68. The summed E-state index contributed by atoms with van der Waals surface area (Å²) in [6, 6.07) is 23.7. The van der Waals surface area contributed by atoms with Crippen molar-refractivity contribution < 1.29 is 9.21 Å². The van der Waals surface area contributed by atoms with Gasteiger partial charge in [-0.3, -0.25) is 4.79 Å². The lowest BCUT2D eigenvalue weighted by atomic mass is 10.1. The van der Waals surface area contributed by atoms with Crippen molar-refractivity contribution in [2.24, 2.45) is 0 Å². The van der Waals surface area contributed by atoms with E-state index in [4.69, 9.17) is 9.68 Å². The van der Waals surface area contributed by atoms with E-state index >= 15 is 0 Å². The second-order valence-corrected chi connectivity index (χ2v) is 6.17. The van der Waals surface area contributed by atoms with Gasteiger partial charge in [0.25, 0.3) is 5.91 Å². The van der Waals surface area contributed by atoms with Gasteiger partial charge in [0.1, 0.15) is 23.2 Å². The molecule has 0 saturated heterocycles. The molecule has 2 aromatic carbocycles. The first-order valence-electron chi connectivity index (χ1n) is 8.68. The zero-order valence-corrected chi connectivity index (χ0v) is 15.2.